The second kappa shape index (κ2) is 12.8. The topological polar surface area (TPSA) is 103 Å². The van der Waals surface area contributed by atoms with E-state index < -0.39 is 24.5 Å². The molecule has 0 aromatic heterocycles. The van der Waals surface area contributed by atoms with Crippen molar-refractivity contribution >= 4 is 17.9 Å². The first-order valence-corrected chi connectivity index (χ1v) is 9.69. The second-order valence-electron chi connectivity index (χ2n) is 6.35. The second-order valence-corrected chi connectivity index (χ2v) is 6.35. The predicted octanol–water partition coefficient (Wildman–Crippen LogP) is 2.81. The van der Waals surface area contributed by atoms with Gasteiger partial charge in [-0.05, 0) is 36.2 Å². The monoisotopic (exact) mass is 414 g/mol. The van der Waals surface area contributed by atoms with Crippen molar-refractivity contribution in [3.8, 4) is 11.5 Å². The van der Waals surface area contributed by atoms with Gasteiger partial charge in [0.2, 0.25) is 0 Å². The molecule has 160 valence electrons. The number of esters is 1. The maximum Gasteiger partial charge on any atom is 0.344 e. The standard InChI is InChI=1S/C22H26N2O6/c1-2-3-13-23-22(27)24-20(25)15-30-21(26)16-29-19-11-9-18(10-12-19)28-14-17-7-5-4-6-8-17/h4-12H,2-3,13-16H2,1H3,(H2,23,24,25,27). The molecule has 0 unspecified atom stereocenters. The number of nitrogens with one attached hydrogen (secondary N) is 2. The van der Waals surface area contributed by atoms with Crippen LogP contribution in [0.5, 0.6) is 11.5 Å². The van der Waals surface area contributed by atoms with Gasteiger partial charge in [0.05, 0.1) is 0 Å². The molecule has 2 N–H and O–H groups in total. The Morgan fingerprint density at radius 1 is 0.867 bits per heavy atom. The Morgan fingerprint density at radius 2 is 1.53 bits per heavy atom. The lowest BCUT2D eigenvalue weighted by molar-refractivity contribution is -0.150. The molecule has 30 heavy (non-hydrogen) atoms. The first-order valence-electron chi connectivity index (χ1n) is 9.69. The summed E-state index contributed by atoms with van der Waals surface area (Å²) >= 11 is 0. The molecule has 0 saturated heterocycles. The van der Waals surface area contributed by atoms with Crippen molar-refractivity contribution in [3.05, 3.63) is 60.2 Å². The van der Waals surface area contributed by atoms with Crippen LogP contribution in [0.4, 0.5) is 4.79 Å². The maximum absolute atomic E-state index is 11.7. The largest absolute Gasteiger partial charge is 0.489 e. The molecular formula is C22H26N2O6. The summed E-state index contributed by atoms with van der Waals surface area (Å²) < 4.78 is 15.8. The van der Waals surface area contributed by atoms with Crippen LogP contribution in [0.2, 0.25) is 0 Å². The molecule has 3 amide bonds. The fourth-order valence-electron chi connectivity index (χ4n) is 2.29. The zero-order chi connectivity index (χ0) is 21.6. The molecule has 0 saturated carbocycles. The molecule has 2 aromatic carbocycles. The highest BCUT2D eigenvalue weighted by atomic mass is 16.6. The fourth-order valence-corrected chi connectivity index (χ4v) is 2.29. The number of urea groups is 1. The molecule has 0 bridgehead atoms. The predicted molar refractivity (Wildman–Crippen MR) is 110 cm³/mol. The Bertz CT molecular complexity index is 808. The highest BCUT2D eigenvalue weighted by molar-refractivity contribution is 5.95. The molecule has 8 nitrogen and oxygen atoms in total. The van der Waals surface area contributed by atoms with Crippen LogP contribution in [0.25, 0.3) is 0 Å². The van der Waals surface area contributed by atoms with Gasteiger partial charge in [0.1, 0.15) is 18.1 Å². The highest BCUT2D eigenvalue weighted by Gasteiger charge is 2.11. The summed E-state index contributed by atoms with van der Waals surface area (Å²) in [6, 6.07) is 16.0. The van der Waals surface area contributed by atoms with Gasteiger partial charge in [0, 0.05) is 6.54 Å². The van der Waals surface area contributed by atoms with Gasteiger partial charge >= 0.3 is 12.0 Å². The fraction of sp³-hybridized carbons (Fsp3) is 0.318. The van der Waals surface area contributed by atoms with E-state index in [2.05, 4.69) is 10.6 Å². The molecule has 0 heterocycles. The smallest absolute Gasteiger partial charge is 0.344 e. The number of amides is 3. The number of unbranched alkanes of at least 4 members (excludes halogenated alkanes) is 1. The van der Waals surface area contributed by atoms with Gasteiger partial charge in [-0.25, -0.2) is 9.59 Å². The highest BCUT2D eigenvalue weighted by Crippen LogP contribution is 2.18. The summed E-state index contributed by atoms with van der Waals surface area (Å²) in [5.74, 6) is -0.306. The van der Waals surface area contributed by atoms with Crippen LogP contribution in [0.1, 0.15) is 25.3 Å². The average Bonchev–Trinajstić information content (AvgIpc) is 2.76. The van der Waals surface area contributed by atoms with Crippen LogP contribution in [-0.2, 0) is 20.9 Å². The molecule has 0 spiro atoms. The van der Waals surface area contributed by atoms with E-state index >= 15 is 0 Å². The van der Waals surface area contributed by atoms with Crippen LogP contribution in [0.3, 0.4) is 0 Å². The van der Waals surface area contributed by atoms with E-state index in [9.17, 15) is 14.4 Å². The lowest BCUT2D eigenvalue weighted by atomic mass is 10.2. The summed E-state index contributed by atoms with van der Waals surface area (Å²) in [6.07, 6.45) is 1.74. The van der Waals surface area contributed by atoms with Gasteiger partial charge in [-0.1, -0.05) is 43.7 Å². The third-order valence-corrected chi connectivity index (χ3v) is 3.86. The summed E-state index contributed by atoms with van der Waals surface area (Å²) in [4.78, 5) is 34.7. The molecule has 0 radical (unpaired) electrons. The van der Waals surface area contributed by atoms with Crippen LogP contribution in [0.15, 0.2) is 54.6 Å². The number of carbonyl (C=O) groups excluding carboxylic acids is 3. The quantitative estimate of drug-likeness (QED) is 0.433. The Morgan fingerprint density at radius 3 is 2.20 bits per heavy atom. The molecule has 2 rings (SSSR count). The molecule has 2 aromatic rings. The number of imide groups is 1. The number of hydrogen-bond acceptors (Lipinski definition) is 6. The van der Waals surface area contributed by atoms with Crippen LogP contribution >= 0.6 is 0 Å². The molecule has 0 aliphatic rings. The Labute approximate surface area is 175 Å². The summed E-state index contributed by atoms with van der Waals surface area (Å²) in [7, 11) is 0. The van der Waals surface area contributed by atoms with E-state index in [-0.39, 0.29) is 6.61 Å². The Hall–Kier alpha value is -3.55. The number of rotatable bonds is 11. The number of ether oxygens (including phenoxy) is 3. The first kappa shape index (κ1) is 22.7. The van der Waals surface area contributed by atoms with E-state index in [1.54, 1.807) is 24.3 Å². The van der Waals surface area contributed by atoms with Crippen molar-refractivity contribution < 1.29 is 28.6 Å². The number of carbonyl (C=O) groups is 3. The summed E-state index contributed by atoms with van der Waals surface area (Å²) in [6.45, 7) is 1.99. The molecule has 0 aliphatic carbocycles. The van der Waals surface area contributed by atoms with Crippen LogP contribution in [0, 0.1) is 0 Å². The third kappa shape index (κ3) is 9.09. The van der Waals surface area contributed by atoms with E-state index in [0.717, 1.165) is 18.4 Å². The van der Waals surface area contributed by atoms with E-state index in [0.29, 0.717) is 24.7 Å². The molecule has 8 heteroatoms. The van der Waals surface area contributed by atoms with Crippen molar-refractivity contribution in [1.29, 1.82) is 0 Å². The van der Waals surface area contributed by atoms with Gasteiger partial charge < -0.3 is 19.5 Å². The number of hydrogen-bond donors (Lipinski definition) is 2. The van der Waals surface area contributed by atoms with E-state index in [4.69, 9.17) is 14.2 Å². The lowest BCUT2D eigenvalue weighted by Gasteiger charge is -2.09. The molecular weight excluding hydrogens is 388 g/mol. The number of benzene rings is 2. The molecule has 0 aliphatic heterocycles. The minimum atomic E-state index is -0.721. The molecule has 0 fully saturated rings. The zero-order valence-corrected chi connectivity index (χ0v) is 16.9. The Balaban J connectivity index is 1.63. The SMILES string of the molecule is CCCCNC(=O)NC(=O)COC(=O)COc1ccc(OCc2ccccc2)cc1. The van der Waals surface area contributed by atoms with E-state index in [1.807, 2.05) is 37.3 Å². The van der Waals surface area contributed by atoms with Crippen molar-refractivity contribution in [2.24, 2.45) is 0 Å². The van der Waals surface area contributed by atoms with E-state index in [1.165, 1.54) is 0 Å². The van der Waals surface area contributed by atoms with Gasteiger partial charge in [0.25, 0.3) is 5.91 Å². The van der Waals surface area contributed by atoms with Crippen molar-refractivity contribution in [2.75, 3.05) is 19.8 Å². The van der Waals surface area contributed by atoms with Gasteiger partial charge in [-0.2, -0.15) is 0 Å². The van der Waals surface area contributed by atoms with Gasteiger partial charge in [0.15, 0.2) is 13.2 Å². The average molecular weight is 414 g/mol. The minimum Gasteiger partial charge on any atom is -0.489 e. The van der Waals surface area contributed by atoms with Crippen molar-refractivity contribution in [1.82, 2.24) is 10.6 Å². The maximum atomic E-state index is 11.7. The first-order chi connectivity index (χ1) is 14.6. The summed E-state index contributed by atoms with van der Waals surface area (Å²) in [5.41, 5.74) is 1.06. The van der Waals surface area contributed by atoms with Crippen molar-refractivity contribution in [2.45, 2.75) is 26.4 Å². The third-order valence-electron chi connectivity index (χ3n) is 3.86. The Kier molecular flexibility index (Phi) is 9.72. The van der Waals surface area contributed by atoms with Crippen molar-refractivity contribution in [3.63, 3.8) is 0 Å². The van der Waals surface area contributed by atoms with Gasteiger partial charge in [-0.3, -0.25) is 10.1 Å². The zero-order valence-electron chi connectivity index (χ0n) is 16.9. The lowest BCUT2D eigenvalue weighted by Crippen LogP contribution is -2.41. The summed E-state index contributed by atoms with van der Waals surface area (Å²) in [5, 5.41) is 4.60. The van der Waals surface area contributed by atoms with Gasteiger partial charge in [-0.15, -0.1) is 0 Å². The normalized spacial score (nSPS) is 10.0. The minimum absolute atomic E-state index is 0.361. The van der Waals surface area contributed by atoms with Crippen LogP contribution < -0.4 is 20.1 Å². The van der Waals surface area contributed by atoms with Crippen LogP contribution in [-0.4, -0.2) is 37.7 Å². The molecule has 0 atom stereocenters.